The van der Waals surface area contributed by atoms with E-state index in [1.165, 1.54) is 17.5 Å². The number of fused-ring (bicyclic) bond motifs is 1. The third-order valence-corrected chi connectivity index (χ3v) is 4.13. The van der Waals surface area contributed by atoms with E-state index in [1.54, 1.807) is 13.3 Å². The first-order chi connectivity index (χ1) is 10.2. The summed E-state index contributed by atoms with van der Waals surface area (Å²) in [5, 5.41) is 3.64. The molecule has 1 aliphatic carbocycles. The summed E-state index contributed by atoms with van der Waals surface area (Å²) >= 11 is 0. The summed E-state index contributed by atoms with van der Waals surface area (Å²) in [6, 6.07) is 6.80. The standard InChI is InChI=1S/C17H22N2O2/c1-11-10-18-17(21-11)12(2)19-16-6-4-5-13-7-8-14(20-3)9-15(13)16/h7-10,12,16,19H,4-6H2,1-3H3. The molecule has 2 unspecified atom stereocenters. The van der Waals surface area contributed by atoms with Gasteiger partial charge in [0.25, 0.3) is 0 Å². The Kier molecular flexibility index (Phi) is 3.97. The van der Waals surface area contributed by atoms with Crippen LogP contribution in [0.25, 0.3) is 0 Å². The van der Waals surface area contributed by atoms with Crippen LogP contribution in [0.5, 0.6) is 5.75 Å². The number of ether oxygens (including phenoxy) is 1. The van der Waals surface area contributed by atoms with Crippen LogP contribution < -0.4 is 10.1 Å². The molecule has 1 aliphatic rings. The van der Waals surface area contributed by atoms with Gasteiger partial charge in [-0.3, -0.25) is 5.32 Å². The molecule has 0 bridgehead atoms. The number of hydrogen-bond donors (Lipinski definition) is 1. The molecule has 1 N–H and O–H groups in total. The Morgan fingerprint density at radius 2 is 2.29 bits per heavy atom. The molecular weight excluding hydrogens is 264 g/mol. The number of nitrogens with one attached hydrogen (secondary N) is 1. The fourth-order valence-electron chi connectivity index (χ4n) is 3.02. The number of benzene rings is 1. The van der Waals surface area contributed by atoms with E-state index in [2.05, 4.69) is 29.4 Å². The van der Waals surface area contributed by atoms with Crippen LogP contribution in [0.15, 0.2) is 28.8 Å². The summed E-state index contributed by atoms with van der Waals surface area (Å²) < 4.78 is 11.0. The van der Waals surface area contributed by atoms with Crippen LogP contribution >= 0.6 is 0 Å². The minimum atomic E-state index is 0.0980. The van der Waals surface area contributed by atoms with E-state index >= 15 is 0 Å². The maximum atomic E-state index is 5.62. The zero-order chi connectivity index (χ0) is 14.8. The number of rotatable bonds is 4. The van der Waals surface area contributed by atoms with Crippen LogP contribution in [-0.2, 0) is 6.42 Å². The quantitative estimate of drug-likeness (QED) is 0.930. The van der Waals surface area contributed by atoms with Crippen molar-refractivity contribution < 1.29 is 9.15 Å². The van der Waals surface area contributed by atoms with Crippen molar-refractivity contribution in [2.75, 3.05) is 7.11 Å². The lowest BCUT2D eigenvalue weighted by molar-refractivity contribution is 0.350. The van der Waals surface area contributed by atoms with E-state index in [9.17, 15) is 0 Å². The van der Waals surface area contributed by atoms with Gasteiger partial charge in [0.1, 0.15) is 11.5 Å². The molecule has 1 heterocycles. The maximum absolute atomic E-state index is 5.62. The van der Waals surface area contributed by atoms with Crippen molar-refractivity contribution >= 4 is 0 Å². The van der Waals surface area contributed by atoms with Gasteiger partial charge >= 0.3 is 0 Å². The second kappa shape index (κ2) is 5.90. The minimum Gasteiger partial charge on any atom is -0.497 e. The predicted molar refractivity (Wildman–Crippen MR) is 81.5 cm³/mol. The van der Waals surface area contributed by atoms with Gasteiger partial charge in [0.2, 0.25) is 5.89 Å². The molecule has 0 amide bonds. The fraction of sp³-hybridized carbons (Fsp3) is 0.471. The van der Waals surface area contributed by atoms with Gasteiger partial charge in [0.05, 0.1) is 19.3 Å². The average Bonchev–Trinajstić information content (AvgIpc) is 2.94. The second-order valence-corrected chi connectivity index (χ2v) is 5.71. The lowest BCUT2D eigenvalue weighted by Crippen LogP contribution is -2.28. The highest BCUT2D eigenvalue weighted by Crippen LogP contribution is 2.34. The van der Waals surface area contributed by atoms with Gasteiger partial charge in [-0.25, -0.2) is 4.98 Å². The summed E-state index contributed by atoms with van der Waals surface area (Å²) in [7, 11) is 1.71. The van der Waals surface area contributed by atoms with Gasteiger partial charge in [-0.15, -0.1) is 0 Å². The van der Waals surface area contributed by atoms with Crippen molar-refractivity contribution in [3.63, 3.8) is 0 Å². The summed E-state index contributed by atoms with van der Waals surface area (Å²) in [4.78, 5) is 4.32. The molecule has 0 spiro atoms. The lowest BCUT2D eigenvalue weighted by Gasteiger charge is -2.28. The summed E-state index contributed by atoms with van der Waals surface area (Å²) in [6.07, 6.45) is 5.24. The first-order valence-electron chi connectivity index (χ1n) is 7.52. The molecule has 21 heavy (non-hydrogen) atoms. The smallest absolute Gasteiger partial charge is 0.211 e. The number of aromatic nitrogens is 1. The Morgan fingerprint density at radius 1 is 1.43 bits per heavy atom. The monoisotopic (exact) mass is 286 g/mol. The second-order valence-electron chi connectivity index (χ2n) is 5.71. The van der Waals surface area contributed by atoms with E-state index in [4.69, 9.17) is 9.15 Å². The lowest BCUT2D eigenvalue weighted by atomic mass is 9.87. The molecule has 1 aromatic carbocycles. The molecule has 0 fully saturated rings. The number of oxazole rings is 1. The van der Waals surface area contributed by atoms with Crippen LogP contribution in [0.3, 0.4) is 0 Å². The molecule has 4 nitrogen and oxygen atoms in total. The van der Waals surface area contributed by atoms with E-state index < -0.39 is 0 Å². The first-order valence-corrected chi connectivity index (χ1v) is 7.52. The van der Waals surface area contributed by atoms with Gasteiger partial charge in [0, 0.05) is 6.04 Å². The van der Waals surface area contributed by atoms with E-state index in [0.717, 1.165) is 30.2 Å². The zero-order valence-electron chi connectivity index (χ0n) is 12.8. The molecule has 2 atom stereocenters. The summed E-state index contributed by atoms with van der Waals surface area (Å²) in [5.74, 6) is 2.52. The number of hydrogen-bond acceptors (Lipinski definition) is 4. The first kappa shape index (κ1) is 14.1. The van der Waals surface area contributed by atoms with E-state index in [1.807, 2.05) is 13.0 Å². The fourth-order valence-corrected chi connectivity index (χ4v) is 3.02. The molecule has 0 saturated carbocycles. The number of methoxy groups -OCH3 is 1. The van der Waals surface area contributed by atoms with Crippen molar-refractivity contribution in [2.24, 2.45) is 0 Å². The van der Waals surface area contributed by atoms with Crippen molar-refractivity contribution in [2.45, 2.75) is 45.2 Å². The van der Waals surface area contributed by atoms with Crippen LogP contribution in [0.2, 0.25) is 0 Å². The molecule has 0 radical (unpaired) electrons. The van der Waals surface area contributed by atoms with Crippen LogP contribution in [0.1, 0.15) is 54.6 Å². The van der Waals surface area contributed by atoms with Gasteiger partial charge in [-0.2, -0.15) is 0 Å². The molecule has 1 aromatic heterocycles. The molecule has 0 aliphatic heterocycles. The van der Waals surface area contributed by atoms with Gasteiger partial charge in [0.15, 0.2) is 0 Å². The topological polar surface area (TPSA) is 47.3 Å². The Labute approximate surface area is 125 Å². The third-order valence-electron chi connectivity index (χ3n) is 4.13. The van der Waals surface area contributed by atoms with Gasteiger partial charge < -0.3 is 9.15 Å². The average molecular weight is 286 g/mol. The molecule has 2 aromatic rings. The number of aryl methyl sites for hydroxylation is 2. The molecular formula is C17H22N2O2. The SMILES string of the molecule is COc1ccc2c(c1)C(NC(C)c1ncc(C)o1)CCC2. The normalized spacial score (nSPS) is 19.1. The number of nitrogens with zero attached hydrogens (tertiary/aromatic N) is 1. The summed E-state index contributed by atoms with van der Waals surface area (Å²) in [5.41, 5.74) is 2.76. The highest BCUT2D eigenvalue weighted by molar-refractivity contribution is 5.39. The Morgan fingerprint density at radius 3 is 3.00 bits per heavy atom. The Balaban J connectivity index is 1.81. The Hall–Kier alpha value is -1.81. The van der Waals surface area contributed by atoms with E-state index in [0.29, 0.717) is 6.04 Å². The molecule has 112 valence electrons. The highest BCUT2D eigenvalue weighted by atomic mass is 16.5. The highest BCUT2D eigenvalue weighted by Gasteiger charge is 2.24. The van der Waals surface area contributed by atoms with Gasteiger partial charge in [-0.05, 0) is 56.4 Å². The van der Waals surface area contributed by atoms with Gasteiger partial charge in [-0.1, -0.05) is 6.07 Å². The Bertz CT molecular complexity index is 621. The largest absolute Gasteiger partial charge is 0.497 e. The van der Waals surface area contributed by atoms with Crippen molar-refractivity contribution in [3.8, 4) is 5.75 Å². The molecule has 4 heteroatoms. The van der Waals surface area contributed by atoms with Crippen molar-refractivity contribution in [1.29, 1.82) is 0 Å². The van der Waals surface area contributed by atoms with E-state index in [-0.39, 0.29) is 6.04 Å². The van der Waals surface area contributed by atoms with Crippen molar-refractivity contribution in [1.82, 2.24) is 10.3 Å². The maximum Gasteiger partial charge on any atom is 0.211 e. The summed E-state index contributed by atoms with van der Waals surface area (Å²) in [6.45, 7) is 4.02. The van der Waals surface area contributed by atoms with Crippen LogP contribution in [0.4, 0.5) is 0 Å². The van der Waals surface area contributed by atoms with Crippen LogP contribution in [-0.4, -0.2) is 12.1 Å². The predicted octanol–water partition coefficient (Wildman–Crippen LogP) is 3.72. The molecule has 0 saturated heterocycles. The zero-order valence-corrected chi connectivity index (χ0v) is 12.8. The van der Waals surface area contributed by atoms with Crippen molar-refractivity contribution in [3.05, 3.63) is 47.2 Å². The van der Waals surface area contributed by atoms with Crippen LogP contribution in [0, 0.1) is 6.92 Å². The minimum absolute atomic E-state index is 0.0980. The molecule has 3 rings (SSSR count). The third kappa shape index (κ3) is 2.95.